The number of hydrogen-bond donors (Lipinski definition) is 2. The summed E-state index contributed by atoms with van der Waals surface area (Å²) in [7, 11) is 0. The van der Waals surface area contributed by atoms with Crippen molar-refractivity contribution in [1.82, 2.24) is 0 Å². The lowest BCUT2D eigenvalue weighted by atomic mass is 10.0. The SMILES string of the molecule is CCCCC(O)c1cc(Br)ccc1N. The number of unbranched alkanes of at least 4 members (excludes halogenated alkanes) is 1. The van der Waals surface area contributed by atoms with Crippen molar-refractivity contribution >= 4 is 21.6 Å². The molecule has 0 aromatic heterocycles. The van der Waals surface area contributed by atoms with Gasteiger partial charge >= 0.3 is 0 Å². The number of anilines is 1. The number of aliphatic hydroxyl groups excluding tert-OH is 1. The molecule has 3 heteroatoms. The predicted molar refractivity (Wildman–Crippen MR) is 63.0 cm³/mol. The lowest BCUT2D eigenvalue weighted by Gasteiger charge is -2.13. The molecule has 0 fully saturated rings. The molecule has 0 saturated heterocycles. The van der Waals surface area contributed by atoms with Gasteiger partial charge in [-0.2, -0.15) is 0 Å². The number of aliphatic hydroxyl groups is 1. The maximum Gasteiger partial charge on any atom is 0.0810 e. The second-order valence-corrected chi connectivity index (χ2v) is 4.35. The first kappa shape index (κ1) is 11.5. The van der Waals surface area contributed by atoms with E-state index in [1.165, 1.54) is 0 Å². The van der Waals surface area contributed by atoms with E-state index in [4.69, 9.17) is 5.73 Å². The zero-order valence-electron chi connectivity index (χ0n) is 8.33. The van der Waals surface area contributed by atoms with Crippen molar-refractivity contribution in [2.45, 2.75) is 32.3 Å². The Hall–Kier alpha value is -0.540. The molecule has 1 aromatic rings. The van der Waals surface area contributed by atoms with Gasteiger partial charge in [-0.3, -0.25) is 0 Å². The Bertz CT molecular complexity index is 301. The molecule has 1 rings (SSSR count). The molecular formula is C11H16BrNO. The number of nitrogen functional groups attached to an aromatic ring is 1. The van der Waals surface area contributed by atoms with Crippen molar-refractivity contribution in [3.05, 3.63) is 28.2 Å². The van der Waals surface area contributed by atoms with Crippen molar-refractivity contribution < 1.29 is 5.11 Å². The van der Waals surface area contributed by atoms with Gasteiger partial charge in [0.05, 0.1) is 6.10 Å². The molecule has 1 atom stereocenters. The first-order valence-corrected chi connectivity index (χ1v) is 5.67. The summed E-state index contributed by atoms with van der Waals surface area (Å²) < 4.78 is 0.956. The Morgan fingerprint density at radius 2 is 2.21 bits per heavy atom. The highest BCUT2D eigenvalue weighted by Gasteiger charge is 2.10. The van der Waals surface area contributed by atoms with Gasteiger partial charge in [0, 0.05) is 15.7 Å². The largest absolute Gasteiger partial charge is 0.398 e. The van der Waals surface area contributed by atoms with E-state index in [-0.39, 0.29) is 0 Å². The lowest BCUT2D eigenvalue weighted by Crippen LogP contribution is -2.02. The summed E-state index contributed by atoms with van der Waals surface area (Å²) in [5.41, 5.74) is 7.27. The van der Waals surface area contributed by atoms with Gasteiger partial charge in [0.1, 0.15) is 0 Å². The standard InChI is InChI=1S/C11H16BrNO/c1-2-3-4-11(14)9-7-8(12)5-6-10(9)13/h5-7,11,14H,2-4,13H2,1H3. The van der Waals surface area contributed by atoms with Gasteiger partial charge in [0.2, 0.25) is 0 Å². The second kappa shape index (κ2) is 5.37. The van der Waals surface area contributed by atoms with E-state index in [9.17, 15) is 5.11 Å². The van der Waals surface area contributed by atoms with Gasteiger partial charge in [0.15, 0.2) is 0 Å². The van der Waals surface area contributed by atoms with Crippen LogP contribution in [0.3, 0.4) is 0 Å². The Labute approximate surface area is 93.3 Å². The van der Waals surface area contributed by atoms with E-state index in [2.05, 4.69) is 22.9 Å². The van der Waals surface area contributed by atoms with Crippen molar-refractivity contribution in [3.8, 4) is 0 Å². The normalized spacial score (nSPS) is 12.8. The summed E-state index contributed by atoms with van der Waals surface area (Å²) in [6.45, 7) is 2.11. The van der Waals surface area contributed by atoms with Crippen molar-refractivity contribution in [3.63, 3.8) is 0 Å². The Morgan fingerprint density at radius 3 is 2.86 bits per heavy atom. The zero-order chi connectivity index (χ0) is 10.6. The van der Waals surface area contributed by atoms with Crippen LogP contribution in [0.2, 0.25) is 0 Å². The highest BCUT2D eigenvalue weighted by atomic mass is 79.9. The van der Waals surface area contributed by atoms with Gasteiger partial charge in [-0.1, -0.05) is 35.7 Å². The highest BCUT2D eigenvalue weighted by molar-refractivity contribution is 9.10. The van der Waals surface area contributed by atoms with Crippen molar-refractivity contribution in [2.75, 3.05) is 5.73 Å². The topological polar surface area (TPSA) is 46.2 Å². The van der Waals surface area contributed by atoms with Gasteiger partial charge in [0.25, 0.3) is 0 Å². The van der Waals surface area contributed by atoms with Crippen molar-refractivity contribution in [2.24, 2.45) is 0 Å². The average Bonchev–Trinajstić information content (AvgIpc) is 2.18. The van der Waals surface area contributed by atoms with E-state index < -0.39 is 6.10 Å². The monoisotopic (exact) mass is 257 g/mol. The lowest BCUT2D eigenvalue weighted by molar-refractivity contribution is 0.165. The van der Waals surface area contributed by atoms with Crippen LogP contribution in [-0.4, -0.2) is 5.11 Å². The van der Waals surface area contributed by atoms with Crippen LogP contribution in [0.1, 0.15) is 37.9 Å². The van der Waals surface area contributed by atoms with Gasteiger partial charge in [-0.05, 0) is 24.6 Å². The summed E-state index contributed by atoms with van der Waals surface area (Å²) in [6.07, 6.45) is 2.45. The van der Waals surface area contributed by atoms with Gasteiger partial charge in [-0.25, -0.2) is 0 Å². The Morgan fingerprint density at radius 1 is 1.50 bits per heavy atom. The minimum atomic E-state index is -0.438. The molecule has 1 unspecified atom stereocenters. The minimum absolute atomic E-state index is 0.438. The van der Waals surface area contributed by atoms with E-state index in [0.29, 0.717) is 5.69 Å². The summed E-state index contributed by atoms with van der Waals surface area (Å²) in [5, 5.41) is 9.86. The maximum absolute atomic E-state index is 9.86. The fraction of sp³-hybridized carbons (Fsp3) is 0.455. The summed E-state index contributed by atoms with van der Waals surface area (Å²) in [4.78, 5) is 0. The molecule has 0 amide bonds. The van der Waals surface area contributed by atoms with Crippen LogP contribution in [0, 0.1) is 0 Å². The number of rotatable bonds is 4. The van der Waals surface area contributed by atoms with Crippen LogP contribution < -0.4 is 5.73 Å². The molecule has 3 N–H and O–H groups in total. The smallest absolute Gasteiger partial charge is 0.0810 e. The fourth-order valence-electron chi connectivity index (χ4n) is 1.39. The van der Waals surface area contributed by atoms with Gasteiger partial charge in [-0.15, -0.1) is 0 Å². The molecular weight excluding hydrogens is 242 g/mol. The molecule has 78 valence electrons. The van der Waals surface area contributed by atoms with E-state index >= 15 is 0 Å². The Balaban J connectivity index is 2.77. The van der Waals surface area contributed by atoms with Crippen LogP contribution in [0.15, 0.2) is 22.7 Å². The first-order chi connectivity index (χ1) is 6.65. The number of hydrogen-bond acceptors (Lipinski definition) is 2. The molecule has 2 nitrogen and oxygen atoms in total. The molecule has 1 aromatic carbocycles. The molecule has 0 aliphatic carbocycles. The van der Waals surface area contributed by atoms with Crippen LogP contribution >= 0.6 is 15.9 Å². The van der Waals surface area contributed by atoms with Crippen molar-refractivity contribution in [1.29, 1.82) is 0 Å². The van der Waals surface area contributed by atoms with E-state index in [0.717, 1.165) is 29.3 Å². The summed E-state index contributed by atoms with van der Waals surface area (Å²) >= 11 is 3.37. The second-order valence-electron chi connectivity index (χ2n) is 3.43. The molecule has 0 spiro atoms. The minimum Gasteiger partial charge on any atom is -0.398 e. The third-order valence-electron chi connectivity index (χ3n) is 2.24. The molecule has 0 saturated carbocycles. The Kier molecular flexibility index (Phi) is 4.42. The highest BCUT2D eigenvalue weighted by Crippen LogP contribution is 2.27. The molecule has 14 heavy (non-hydrogen) atoms. The number of halogens is 1. The van der Waals surface area contributed by atoms with Crippen LogP contribution in [0.25, 0.3) is 0 Å². The summed E-state index contributed by atoms with van der Waals surface area (Å²) in [5.74, 6) is 0. The molecule has 0 heterocycles. The fourth-order valence-corrected chi connectivity index (χ4v) is 1.77. The van der Waals surface area contributed by atoms with Crippen LogP contribution in [0.4, 0.5) is 5.69 Å². The van der Waals surface area contributed by atoms with Crippen LogP contribution in [-0.2, 0) is 0 Å². The van der Waals surface area contributed by atoms with Crippen LogP contribution in [0.5, 0.6) is 0 Å². The first-order valence-electron chi connectivity index (χ1n) is 4.88. The maximum atomic E-state index is 9.86. The molecule has 0 radical (unpaired) electrons. The predicted octanol–water partition coefficient (Wildman–Crippen LogP) is 3.25. The number of benzene rings is 1. The third kappa shape index (κ3) is 3.00. The average molecular weight is 258 g/mol. The summed E-state index contributed by atoms with van der Waals surface area (Å²) in [6, 6.07) is 5.58. The van der Waals surface area contributed by atoms with E-state index in [1.54, 1.807) is 0 Å². The molecule has 0 aliphatic rings. The molecule has 0 aliphatic heterocycles. The van der Waals surface area contributed by atoms with Gasteiger partial charge < -0.3 is 10.8 Å². The van der Waals surface area contributed by atoms with E-state index in [1.807, 2.05) is 18.2 Å². The molecule has 0 bridgehead atoms. The zero-order valence-corrected chi connectivity index (χ0v) is 9.92. The third-order valence-corrected chi connectivity index (χ3v) is 2.73. The number of nitrogens with two attached hydrogens (primary N) is 1. The quantitative estimate of drug-likeness (QED) is 0.814.